The minimum atomic E-state index is 0.0930. The first-order valence-electron chi connectivity index (χ1n) is 4.98. The monoisotopic (exact) mass is 271 g/mol. The molecule has 0 unspecified atom stereocenters. The molecule has 1 N–H and O–H groups in total. The molecule has 0 saturated heterocycles. The summed E-state index contributed by atoms with van der Waals surface area (Å²) < 4.78 is 6.16. The zero-order valence-electron chi connectivity index (χ0n) is 8.66. The van der Waals surface area contributed by atoms with Crippen molar-refractivity contribution in [2.75, 3.05) is 13.7 Å². The van der Waals surface area contributed by atoms with E-state index in [-0.39, 0.29) is 12.0 Å². The topological polar surface area (TPSA) is 42.4 Å². The Hall–Kier alpha value is -0.610. The van der Waals surface area contributed by atoms with Crippen LogP contribution in [0.3, 0.4) is 0 Å². The minimum Gasteiger partial charge on any atom is -0.481 e. The summed E-state index contributed by atoms with van der Waals surface area (Å²) in [7, 11) is 1.62. The summed E-state index contributed by atoms with van der Waals surface area (Å²) in [6, 6.07) is 2.02. The summed E-state index contributed by atoms with van der Waals surface area (Å²) in [6.07, 6.45) is 4.76. The van der Waals surface area contributed by atoms with Crippen LogP contribution in [-0.4, -0.2) is 23.8 Å². The molecule has 0 aromatic carbocycles. The summed E-state index contributed by atoms with van der Waals surface area (Å²) in [4.78, 5) is 4.19. The van der Waals surface area contributed by atoms with E-state index in [1.807, 2.05) is 6.07 Å². The molecular weight excluding hydrogens is 258 g/mol. The van der Waals surface area contributed by atoms with Crippen molar-refractivity contribution in [1.29, 1.82) is 0 Å². The van der Waals surface area contributed by atoms with Gasteiger partial charge in [-0.1, -0.05) is 0 Å². The second-order valence-corrected chi connectivity index (χ2v) is 5.07. The number of methoxy groups -OCH3 is 1. The summed E-state index contributed by atoms with van der Waals surface area (Å²) in [6.45, 7) is 0.253. The van der Waals surface area contributed by atoms with Gasteiger partial charge in [0.25, 0.3) is 0 Å². The van der Waals surface area contributed by atoms with E-state index in [4.69, 9.17) is 4.74 Å². The maximum atomic E-state index is 9.28. The fourth-order valence-electron chi connectivity index (χ4n) is 1.75. The third kappa shape index (κ3) is 2.32. The fourth-order valence-corrected chi connectivity index (χ4v) is 2.13. The number of ether oxygens (including phenoxy) is 1. The van der Waals surface area contributed by atoms with Gasteiger partial charge in [-0.05, 0) is 46.7 Å². The molecule has 3 nitrogen and oxygen atoms in total. The van der Waals surface area contributed by atoms with E-state index in [0.29, 0.717) is 5.88 Å². The highest BCUT2D eigenvalue weighted by Crippen LogP contribution is 2.48. The molecule has 1 aliphatic carbocycles. The van der Waals surface area contributed by atoms with Crippen molar-refractivity contribution < 1.29 is 9.84 Å². The number of aromatic nitrogens is 1. The van der Waals surface area contributed by atoms with Gasteiger partial charge in [0.05, 0.1) is 7.11 Å². The highest BCUT2D eigenvalue weighted by Gasteiger charge is 2.42. The molecule has 1 aromatic rings. The third-order valence-electron chi connectivity index (χ3n) is 2.94. The maximum absolute atomic E-state index is 9.28. The van der Waals surface area contributed by atoms with Crippen LogP contribution in [0.15, 0.2) is 16.7 Å². The highest BCUT2D eigenvalue weighted by atomic mass is 79.9. The number of halogens is 1. The summed E-state index contributed by atoms with van der Waals surface area (Å²) in [5, 5.41) is 9.28. The Morgan fingerprint density at radius 3 is 2.87 bits per heavy atom. The van der Waals surface area contributed by atoms with Crippen LogP contribution in [0.1, 0.15) is 18.4 Å². The van der Waals surface area contributed by atoms with Crippen LogP contribution in [0.4, 0.5) is 0 Å². The van der Waals surface area contributed by atoms with Crippen molar-refractivity contribution in [1.82, 2.24) is 4.98 Å². The Morgan fingerprint density at radius 2 is 2.33 bits per heavy atom. The second-order valence-electron chi connectivity index (χ2n) is 4.16. The molecule has 0 aliphatic heterocycles. The van der Waals surface area contributed by atoms with Crippen LogP contribution in [0.2, 0.25) is 0 Å². The molecule has 1 aromatic heterocycles. The van der Waals surface area contributed by atoms with Crippen molar-refractivity contribution in [2.24, 2.45) is 5.41 Å². The average molecular weight is 272 g/mol. The molecule has 0 amide bonds. The van der Waals surface area contributed by atoms with Gasteiger partial charge in [0.2, 0.25) is 5.88 Å². The van der Waals surface area contributed by atoms with E-state index in [0.717, 1.165) is 29.3 Å². The summed E-state index contributed by atoms with van der Waals surface area (Å²) >= 11 is 3.39. The van der Waals surface area contributed by atoms with Crippen LogP contribution in [-0.2, 0) is 6.42 Å². The molecule has 82 valence electrons. The molecule has 0 bridgehead atoms. The molecule has 15 heavy (non-hydrogen) atoms. The van der Waals surface area contributed by atoms with Gasteiger partial charge < -0.3 is 9.84 Å². The van der Waals surface area contributed by atoms with Gasteiger partial charge >= 0.3 is 0 Å². The lowest BCUT2D eigenvalue weighted by Crippen LogP contribution is -2.11. The van der Waals surface area contributed by atoms with Crippen molar-refractivity contribution in [2.45, 2.75) is 19.3 Å². The first-order valence-corrected chi connectivity index (χ1v) is 5.78. The Bertz CT molecular complexity index is 364. The smallest absolute Gasteiger partial charge is 0.216 e. The van der Waals surface area contributed by atoms with Crippen LogP contribution in [0.25, 0.3) is 0 Å². The van der Waals surface area contributed by atoms with Crippen molar-refractivity contribution in [3.63, 3.8) is 0 Å². The van der Waals surface area contributed by atoms with E-state index in [2.05, 4.69) is 20.9 Å². The summed E-state index contributed by atoms with van der Waals surface area (Å²) in [5.41, 5.74) is 1.16. The van der Waals surface area contributed by atoms with Crippen molar-refractivity contribution in [3.05, 3.63) is 22.3 Å². The third-order valence-corrected chi connectivity index (χ3v) is 3.38. The molecule has 0 spiro atoms. The van der Waals surface area contributed by atoms with E-state index >= 15 is 0 Å². The molecule has 1 fully saturated rings. The quantitative estimate of drug-likeness (QED) is 0.913. The number of aliphatic hydroxyl groups excluding tert-OH is 1. The van der Waals surface area contributed by atoms with E-state index in [9.17, 15) is 5.11 Å². The van der Waals surface area contributed by atoms with Gasteiger partial charge in [-0.2, -0.15) is 0 Å². The predicted molar refractivity (Wildman–Crippen MR) is 60.9 cm³/mol. The van der Waals surface area contributed by atoms with Gasteiger partial charge in [0.15, 0.2) is 0 Å². The van der Waals surface area contributed by atoms with Crippen LogP contribution in [0, 0.1) is 5.41 Å². The number of hydrogen-bond donors (Lipinski definition) is 1. The lowest BCUT2D eigenvalue weighted by molar-refractivity contribution is 0.210. The fraction of sp³-hybridized carbons (Fsp3) is 0.545. The number of hydrogen-bond acceptors (Lipinski definition) is 3. The van der Waals surface area contributed by atoms with Gasteiger partial charge in [0.1, 0.15) is 0 Å². The highest BCUT2D eigenvalue weighted by molar-refractivity contribution is 9.10. The molecule has 1 aliphatic rings. The molecule has 1 heterocycles. The molecule has 0 atom stereocenters. The zero-order valence-corrected chi connectivity index (χ0v) is 10.2. The molecular formula is C11H14BrNO2. The largest absolute Gasteiger partial charge is 0.481 e. The first kappa shape index (κ1) is 10.9. The standard InChI is InChI=1S/C11H14BrNO2/c1-15-10-8(4-9(12)6-13-10)5-11(7-14)2-3-11/h4,6,14H,2-3,5,7H2,1H3. The minimum absolute atomic E-state index is 0.0930. The van der Waals surface area contributed by atoms with Crippen LogP contribution in [0.5, 0.6) is 5.88 Å². The summed E-state index contributed by atoms with van der Waals surface area (Å²) in [5.74, 6) is 0.665. The van der Waals surface area contributed by atoms with Crippen LogP contribution < -0.4 is 4.74 Å². The molecule has 2 rings (SSSR count). The normalized spacial score (nSPS) is 17.5. The Morgan fingerprint density at radius 1 is 1.60 bits per heavy atom. The SMILES string of the molecule is COc1ncc(Br)cc1CC1(CO)CC1. The van der Waals surface area contributed by atoms with Gasteiger partial charge in [-0.3, -0.25) is 0 Å². The Balaban J connectivity index is 2.22. The van der Waals surface area contributed by atoms with Crippen LogP contribution >= 0.6 is 15.9 Å². The molecule has 0 radical (unpaired) electrons. The van der Waals surface area contributed by atoms with E-state index < -0.39 is 0 Å². The number of rotatable bonds is 4. The van der Waals surface area contributed by atoms with Gasteiger partial charge in [0, 0.05) is 22.8 Å². The Labute approximate surface area is 97.6 Å². The number of aliphatic hydroxyl groups is 1. The Kier molecular flexibility index (Phi) is 2.98. The van der Waals surface area contributed by atoms with Crippen molar-refractivity contribution in [3.8, 4) is 5.88 Å². The lowest BCUT2D eigenvalue weighted by Gasteiger charge is -2.13. The maximum Gasteiger partial charge on any atom is 0.216 e. The van der Waals surface area contributed by atoms with Gasteiger partial charge in [-0.15, -0.1) is 0 Å². The molecule has 4 heteroatoms. The predicted octanol–water partition coefficient (Wildman–Crippen LogP) is 2.17. The second kappa shape index (κ2) is 4.10. The van der Waals surface area contributed by atoms with E-state index in [1.54, 1.807) is 13.3 Å². The van der Waals surface area contributed by atoms with Crippen molar-refractivity contribution >= 4 is 15.9 Å². The molecule has 1 saturated carbocycles. The number of pyridine rings is 1. The van der Waals surface area contributed by atoms with E-state index in [1.165, 1.54) is 0 Å². The average Bonchev–Trinajstić information content (AvgIpc) is 2.99. The zero-order chi connectivity index (χ0) is 10.9. The first-order chi connectivity index (χ1) is 7.19. The van der Waals surface area contributed by atoms with Gasteiger partial charge in [-0.25, -0.2) is 4.98 Å². The number of nitrogens with zero attached hydrogens (tertiary/aromatic N) is 1. The lowest BCUT2D eigenvalue weighted by atomic mass is 9.98.